The van der Waals surface area contributed by atoms with E-state index >= 15 is 0 Å². The van der Waals surface area contributed by atoms with Crippen LogP contribution in [0.25, 0.3) is 0 Å². The second kappa shape index (κ2) is 9.78. The number of ether oxygens (including phenoxy) is 1. The monoisotopic (exact) mass is 432 g/mol. The number of carboxylic acids is 1. The fraction of sp³-hybridized carbons (Fsp3) is 0.160. The lowest BCUT2D eigenvalue weighted by Gasteiger charge is -2.17. The maximum Gasteiger partial charge on any atom is 0.335 e. The Bertz CT molecular complexity index is 1160. The van der Waals surface area contributed by atoms with Gasteiger partial charge in [0.15, 0.2) is 6.10 Å². The van der Waals surface area contributed by atoms with Crippen LogP contribution in [0.15, 0.2) is 66.7 Å². The highest BCUT2D eigenvalue weighted by Crippen LogP contribution is 2.21. The number of aromatic carboxylic acids is 1. The number of carboxylic acid groups (broad SMARTS) is 1. The molecule has 0 saturated heterocycles. The number of hydrogen-bond acceptors (Lipinski definition) is 4. The van der Waals surface area contributed by atoms with Gasteiger partial charge in [0.05, 0.1) is 5.56 Å². The molecular weight excluding hydrogens is 408 g/mol. The third kappa shape index (κ3) is 5.72. The van der Waals surface area contributed by atoms with Gasteiger partial charge in [-0.1, -0.05) is 18.2 Å². The van der Waals surface area contributed by atoms with Crippen LogP contribution < -0.4 is 15.4 Å². The summed E-state index contributed by atoms with van der Waals surface area (Å²) in [6.07, 6.45) is -0.735. The van der Waals surface area contributed by atoms with Crippen molar-refractivity contribution in [2.24, 2.45) is 0 Å². The van der Waals surface area contributed by atoms with Crippen LogP contribution in [0.3, 0.4) is 0 Å². The summed E-state index contributed by atoms with van der Waals surface area (Å²) >= 11 is 0. The predicted octanol–water partition coefficient (Wildman–Crippen LogP) is 4.66. The molecule has 0 radical (unpaired) electrons. The Morgan fingerprint density at radius 3 is 2.25 bits per heavy atom. The maximum atomic E-state index is 12.6. The minimum Gasteiger partial charge on any atom is -0.481 e. The Balaban J connectivity index is 1.64. The molecule has 32 heavy (non-hydrogen) atoms. The zero-order chi connectivity index (χ0) is 23.3. The Kier molecular flexibility index (Phi) is 6.90. The van der Waals surface area contributed by atoms with Crippen LogP contribution in [0.4, 0.5) is 11.4 Å². The van der Waals surface area contributed by atoms with Gasteiger partial charge in [-0.25, -0.2) is 4.79 Å². The van der Waals surface area contributed by atoms with E-state index < -0.39 is 12.1 Å². The van der Waals surface area contributed by atoms with Crippen molar-refractivity contribution in [1.29, 1.82) is 0 Å². The summed E-state index contributed by atoms with van der Waals surface area (Å²) in [6.45, 7) is 5.53. The number of rotatable bonds is 7. The highest BCUT2D eigenvalue weighted by molar-refractivity contribution is 6.05. The zero-order valence-electron chi connectivity index (χ0n) is 18.0. The second-order valence-electron chi connectivity index (χ2n) is 7.44. The highest BCUT2D eigenvalue weighted by Gasteiger charge is 2.17. The molecule has 0 fully saturated rings. The first kappa shape index (κ1) is 22.6. The number of carbonyl (C=O) groups excluding carboxylic acids is 2. The molecule has 0 aliphatic heterocycles. The molecular formula is C25H24N2O5. The van der Waals surface area contributed by atoms with Gasteiger partial charge < -0.3 is 20.5 Å². The summed E-state index contributed by atoms with van der Waals surface area (Å²) in [5.41, 5.74) is 3.36. The van der Waals surface area contributed by atoms with E-state index in [4.69, 9.17) is 9.84 Å². The Labute approximate surface area is 186 Å². The number of carbonyl (C=O) groups is 3. The molecule has 0 aliphatic rings. The number of nitrogens with one attached hydrogen (secondary N) is 2. The van der Waals surface area contributed by atoms with Crippen LogP contribution >= 0.6 is 0 Å². The molecule has 2 amide bonds. The molecule has 0 aliphatic carbocycles. The molecule has 0 spiro atoms. The minimum atomic E-state index is -1.04. The summed E-state index contributed by atoms with van der Waals surface area (Å²) in [6, 6.07) is 18.2. The van der Waals surface area contributed by atoms with E-state index in [2.05, 4.69) is 10.6 Å². The first-order chi connectivity index (χ1) is 15.2. The molecule has 3 N–H and O–H groups in total. The van der Waals surface area contributed by atoms with Crippen LogP contribution in [-0.2, 0) is 4.79 Å². The number of benzene rings is 3. The zero-order valence-corrected chi connectivity index (χ0v) is 18.0. The van der Waals surface area contributed by atoms with E-state index in [1.807, 2.05) is 32.0 Å². The van der Waals surface area contributed by atoms with E-state index in [-0.39, 0.29) is 17.4 Å². The van der Waals surface area contributed by atoms with Gasteiger partial charge in [0.25, 0.3) is 11.8 Å². The van der Waals surface area contributed by atoms with Crippen molar-refractivity contribution in [1.82, 2.24) is 0 Å². The van der Waals surface area contributed by atoms with Crippen molar-refractivity contribution in [2.75, 3.05) is 10.6 Å². The first-order valence-corrected chi connectivity index (χ1v) is 10.0. The van der Waals surface area contributed by atoms with Crippen LogP contribution in [0.1, 0.15) is 38.8 Å². The lowest BCUT2D eigenvalue weighted by atomic mass is 10.1. The molecule has 7 heteroatoms. The second-order valence-corrected chi connectivity index (χ2v) is 7.44. The topological polar surface area (TPSA) is 105 Å². The first-order valence-electron chi connectivity index (χ1n) is 10.0. The fourth-order valence-corrected chi connectivity index (χ4v) is 2.96. The van der Waals surface area contributed by atoms with Gasteiger partial charge in [-0.3, -0.25) is 9.59 Å². The van der Waals surface area contributed by atoms with Crippen molar-refractivity contribution >= 4 is 29.2 Å². The van der Waals surface area contributed by atoms with Gasteiger partial charge in [0.2, 0.25) is 0 Å². The van der Waals surface area contributed by atoms with Crippen molar-refractivity contribution in [2.45, 2.75) is 26.9 Å². The maximum absolute atomic E-state index is 12.6. The summed E-state index contributed by atoms with van der Waals surface area (Å²) in [4.78, 5) is 36.1. The molecule has 3 aromatic rings. The van der Waals surface area contributed by atoms with Crippen LogP contribution in [0, 0.1) is 13.8 Å². The van der Waals surface area contributed by atoms with Crippen molar-refractivity contribution in [3.05, 3.63) is 89.0 Å². The van der Waals surface area contributed by atoms with E-state index in [1.165, 1.54) is 24.3 Å². The van der Waals surface area contributed by atoms with Gasteiger partial charge in [-0.05, 0) is 80.4 Å². The van der Waals surface area contributed by atoms with Crippen molar-refractivity contribution < 1.29 is 24.2 Å². The van der Waals surface area contributed by atoms with Gasteiger partial charge in [-0.15, -0.1) is 0 Å². The fourth-order valence-electron chi connectivity index (χ4n) is 2.96. The Hall–Kier alpha value is -4.13. The Morgan fingerprint density at radius 2 is 1.56 bits per heavy atom. The summed E-state index contributed by atoms with van der Waals surface area (Å²) in [5, 5.41) is 14.4. The molecule has 0 aromatic heterocycles. The lowest BCUT2D eigenvalue weighted by Crippen LogP contribution is -2.30. The average molecular weight is 432 g/mol. The molecule has 7 nitrogen and oxygen atoms in total. The third-order valence-corrected chi connectivity index (χ3v) is 4.80. The van der Waals surface area contributed by atoms with E-state index in [0.717, 1.165) is 11.1 Å². The Morgan fingerprint density at radius 1 is 0.844 bits per heavy atom. The molecule has 1 unspecified atom stereocenters. The number of amides is 2. The van der Waals surface area contributed by atoms with Crippen LogP contribution in [-0.4, -0.2) is 29.0 Å². The molecule has 1 atom stereocenters. The SMILES string of the molecule is Cc1ccc(C)c(OC(C)C(=O)Nc2cccc(C(=O)Nc3ccc(C(=O)O)cc3)c2)c1. The normalized spacial score (nSPS) is 11.3. The average Bonchev–Trinajstić information content (AvgIpc) is 2.76. The summed E-state index contributed by atoms with van der Waals surface area (Å²) in [5.74, 6) is -1.12. The molecule has 0 bridgehead atoms. The number of anilines is 2. The van der Waals surface area contributed by atoms with Gasteiger partial charge in [0, 0.05) is 16.9 Å². The molecule has 0 heterocycles. The van der Waals surface area contributed by atoms with Gasteiger partial charge >= 0.3 is 5.97 Å². The van der Waals surface area contributed by atoms with Gasteiger partial charge in [0.1, 0.15) is 5.75 Å². The summed E-state index contributed by atoms with van der Waals surface area (Å²) in [7, 11) is 0. The largest absolute Gasteiger partial charge is 0.481 e. The van der Waals surface area contributed by atoms with E-state index in [1.54, 1.807) is 31.2 Å². The van der Waals surface area contributed by atoms with Crippen LogP contribution in [0.2, 0.25) is 0 Å². The molecule has 164 valence electrons. The lowest BCUT2D eigenvalue weighted by molar-refractivity contribution is -0.122. The smallest absolute Gasteiger partial charge is 0.335 e. The van der Waals surface area contributed by atoms with Crippen molar-refractivity contribution in [3.8, 4) is 5.75 Å². The predicted molar refractivity (Wildman–Crippen MR) is 122 cm³/mol. The third-order valence-electron chi connectivity index (χ3n) is 4.80. The quantitative estimate of drug-likeness (QED) is 0.504. The standard InChI is InChI=1S/C25H24N2O5/c1-15-7-8-16(2)22(13-15)32-17(3)23(28)27-21-6-4-5-19(14-21)24(29)26-20-11-9-18(10-12-20)25(30)31/h4-14,17H,1-3H3,(H,26,29)(H,27,28)(H,30,31). The van der Waals surface area contributed by atoms with Gasteiger partial charge in [-0.2, -0.15) is 0 Å². The van der Waals surface area contributed by atoms with Crippen molar-refractivity contribution in [3.63, 3.8) is 0 Å². The van der Waals surface area contributed by atoms with E-state index in [0.29, 0.717) is 22.7 Å². The minimum absolute atomic E-state index is 0.130. The van der Waals surface area contributed by atoms with E-state index in [9.17, 15) is 14.4 Å². The molecule has 0 saturated carbocycles. The van der Waals surface area contributed by atoms with Crippen LogP contribution in [0.5, 0.6) is 5.75 Å². The summed E-state index contributed by atoms with van der Waals surface area (Å²) < 4.78 is 5.81. The highest BCUT2D eigenvalue weighted by atomic mass is 16.5. The number of hydrogen-bond donors (Lipinski definition) is 3. The molecule has 3 rings (SSSR count). The number of aryl methyl sites for hydroxylation is 2. The molecule has 3 aromatic carbocycles.